The van der Waals surface area contributed by atoms with Crippen LogP contribution in [-0.2, 0) is 12.8 Å². The molecule has 138 valence electrons. The molecule has 2 amide bonds. The van der Waals surface area contributed by atoms with Crippen molar-refractivity contribution < 1.29 is 4.79 Å². The van der Waals surface area contributed by atoms with Gasteiger partial charge in [0.1, 0.15) is 0 Å². The number of para-hydroxylation sites is 1. The van der Waals surface area contributed by atoms with Crippen molar-refractivity contribution in [2.24, 2.45) is 0 Å². The van der Waals surface area contributed by atoms with Crippen LogP contribution in [0.25, 0.3) is 0 Å². The highest BCUT2D eigenvalue weighted by Gasteiger charge is 2.21. The van der Waals surface area contributed by atoms with E-state index in [-0.39, 0.29) is 6.03 Å². The zero-order chi connectivity index (χ0) is 18.4. The molecule has 5 heteroatoms. The first-order valence-electron chi connectivity index (χ1n) is 9.26. The summed E-state index contributed by atoms with van der Waals surface area (Å²) in [6.07, 6.45) is 1.89. The van der Waals surface area contributed by atoms with Gasteiger partial charge in [0, 0.05) is 43.4 Å². The Morgan fingerprint density at radius 3 is 2.58 bits per heavy atom. The maximum atomic E-state index is 12.5. The minimum atomic E-state index is 0.000362. The average Bonchev–Trinajstić information content (AvgIpc) is 2.67. The number of benzene rings is 2. The third-order valence-electron chi connectivity index (χ3n) is 4.91. The maximum absolute atomic E-state index is 12.5. The largest absolute Gasteiger partial charge is 0.322 e. The zero-order valence-corrected chi connectivity index (χ0v) is 16.0. The van der Waals surface area contributed by atoms with Gasteiger partial charge < -0.3 is 10.2 Å². The van der Waals surface area contributed by atoms with E-state index in [9.17, 15) is 4.79 Å². The molecule has 0 bridgehead atoms. The molecule has 1 fully saturated rings. The molecule has 0 saturated carbocycles. The smallest absolute Gasteiger partial charge is 0.321 e. The Morgan fingerprint density at radius 2 is 1.85 bits per heavy atom. The van der Waals surface area contributed by atoms with Gasteiger partial charge in [-0.05, 0) is 42.2 Å². The number of hydrogen-bond donors (Lipinski definition) is 1. The fraction of sp³-hybridized carbons (Fsp3) is 0.381. The second kappa shape index (κ2) is 9.06. The molecule has 1 N–H and O–H groups in total. The summed E-state index contributed by atoms with van der Waals surface area (Å²) in [6, 6.07) is 16.0. The standard InChI is InChI=1S/C21H26ClN3O/c1-2-18-7-3-4-9-20(18)23-21(26)25-14-12-24(13-15-25)11-10-17-6-5-8-19(22)16-17/h3-9,16H,2,10-15H2,1H3,(H,23,26). The highest BCUT2D eigenvalue weighted by atomic mass is 35.5. The van der Waals surface area contributed by atoms with Crippen LogP contribution in [0.5, 0.6) is 0 Å². The first kappa shape index (κ1) is 18.7. The molecule has 0 spiro atoms. The molecule has 4 nitrogen and oxygen atoms in total. The van der Waals surface area contributed by atoms with E-state index in [0.717, 1.165) is 56.3 Å². The number of nitrogens with one attached hydrogen (secondary N) is 1. The third-order valence-corrected chi connectivity index (χ3v) is 5.14. The minimum Gasteiger partial charge on any atom is -0.322 e. The van der Waals surface area contributed by atoms with E-state index in [1.165, 1.54) is 11.1 Å². The molecule has 0 radical (unpaired) electrons. The van der Waals surface area contributed by atoms with Crippen LogP contribution in [0.2, 0.25) is 5.02 Å². The van der Waals surface area contributed by atoms with Crippen molar-refractivity contribution in [1.29, 1.82) is 0 Å². The Balaban J connectivity index is 1.46. The van der Waals surface area contributed by atoms with E-state index < -0.39 is 0 Å². The fourth-order valence-corrected chi connectivity index (χ4v) is 3.51. The molecular formula is C21H26ClN3O. The van der Waals surface area contributed by atoms with Gasteiger partial charge in [0.25, 0.3) is 0 Å². The minimum absolute atomic E-state index is 0.000362. The highest BCUT2D eigenvalue weighted by Crippen LogP contribution is 2.17. The fourth-order valence-electron chi connectivity index (χ4n) is 3.30. The summed E-state index contributed by atoms with van der Waals surface area (Å²) in [6.45, 7) is 6.43. The van der Waals surface area contributed by atoms with Gasteiger partial charge in [-0.2, -0.15) is 0 Å². The first-order chi connectivity index (χ1) is 12.7. The Labute approximate surface area is 160 Å². The molecular weight excluding hydrogens is 346 g/mol. The summed E-state index contributed by atoms with van der Waals surface area (Å²) < 4.78 is 0. The summed E-state index contributed by atoms with van der Waals surface area (Å²) in [5.41, 5.74) is 3.35. The van der Waals surface area contributed by atoms with Crippen LogP contribution in [0.4, 0.5) is 10.5 Å². The van der Waals surface area contributed by atoms with E-state index in [2.05, 4.69) is 29.3 Å². The van der Waals surface area contributed by atoms with E-state index in [1.807, 2.05) is 41.3 Å². The van der Waals surface area contributed by atoms with Crippen LogP contribution in [0.3, 0.4) is 0 Å². The highest BCUT2D eigenvalue weighted by molar-refractivity contribution is 6.30. The van der Waals surface area contributed by atoms with E-state index >= 15 is 0 Å². The molecule has 1 aliphatic rings. The van der Waals surface area contributed by atoms with Crippen molar-refractivity contribution in [3.8, 4) is 0 Å². The maximum Gasteiger partial charge on any atom is 0.321 e. The first-order valence-corrected chi connectivity index (χ1v) is 9.64. The number of aryl methyl sites for hydroxylation is 1. The van der Waals surface area contributed by atoms with Crippen molar-refractivity contribution in [3.63, 3.8) is 0 Å². The number of halogens is 1. The number of nitrogens with zero attached hydrogens (tertiary/aromatic N) is 2. The molecule has 2 aromatic carbocycles. The predicted octanol–water partition coefficient (Wildman–Crippen LogP) is 4.29. The van der Waals surface area contributed by atoms with Gasteiger partial charge in [0.15, 0.2) is 0 Å². The number of amides is 2. The van der Waals surface area contributed by atoms with E-state index in [1.54, 1.807) is 0 Å². The lowest BCUT2D eigenvalue weighted by atomic mass is 10.1. The molecule has 0 aliphatic carbocycles. The third kappa shape index (κ3) is 4.99. The van der Waals surface area contributed by atoms with Gasteiger partial charge in [0.2, 0.25) is 0 Å². The summed E-state index contributed by atoms with van der Waals surface area (Å²) >= 11 is 6.04. The van der Waals surface area contributed by atoms with Crippen molar-refractivity contribution in [3.05, 3.63) is 64.7 Å². The molecule has 3 rings (SSSR count). The molecule has 26 heavy (non-hydrogen) atoms. The van der Waals surface area contributed by atoms with Crippen LogP contribution < -0.4 is 5.32 Å². The molecule has 1 saturated heterocycles. The number of rotatable bonds is 5. The number of urea groups is 1. The van der Waals surface area contributed by atoms with Crippen molar-refractivity contribution in [1.82, 2.24) is 9.80 Å². The van der Waals surface area contributed by atoms with Crippen molar-refractivity contribution in [2.75, 3.05) is 38.0 Å². The number of carbonyl (C=O) groups excluding carboxylic acids is 1. The van der Waals surface area contributed by atoms with Gasteiger partial charge in [0.05, 0.1) is 0 Å². The summed E-state index contributed by atoms with van der Waals surface area (Å²) in [4.78, 5) is 16.9. The Kier molecular flexibility index (Phi) is 6.53. The number of hydrogen-bond acceptors (Lipinski definition) is 2. The van der Waals surface area contributed by atoms with Gasteiger partial charge in [-0.15, -0.1) is 0 Å². The summed E-state index contributed by atoms with van der Waals surface area (Å²) in [5.74, 6) is 0. The Bertz CT molecular complexity index is 742. The van der Waals surface area contributed by atoms with Crippen LogP contribution >= 0.6 is 11.6 Å². The molecule has 2 aromatic rings. The second-order valence-electron chi connectivity index (χ2n) is 6.65. The number of piperazine rings is 1. The lowest BCUT2D eigenvalue weighted by Gasteiger charge is -2.34. The summed E-state index contributed by atoms with van der Waals surface area (Å²) in [5, 5.41) is 3.85. The topological polar surface area (TPSA) is 35.6 Å². The van der Waals surface area contributed by atoms with Crippen molar-refractivity contribution in [2.45, 2.75) is 19.8 Å². The predicted molar refractivity (Wildman–Crippen MR) is 108 cm³/mol. The number of carbonyl (C=O) groups is 1. The normalized spacial score (nSPS) is 15.1. The Morgan fingerprint density at radius 1 is 1.08 bits per heavy atom. The van der Waals surface area contributed by atoms with Gasteiger partial charge in [-0.1, -0.05) is 48.9 Å². The summed E-state index contributed by atoms with van der Waals surface area (Å²) in [7, 11) is 0. The van der Waals surface area contributed by atoms with Gasteiger partial charge >= 0.3 is 6.03 Å². The molecule has 0 atom stereocenters. The number of anilines is 1. The van der Waals surface area contributed by atoms with Crippen molar-refractivity contribution >= 4 is 23.3 Å². The van der Waals surface area contributed by atoms with Crippen LogP contribution in [0.1, 0.15) is 18.1 Å². The molecule has 0 unspecified atom stereocenters. The van der Waals surface area contributed by atoms with Gasteiger partial charge in [-0.25, -0.2) is 4.79 Å². The van der Waals surface area contributed by atoms with Crippen LogP contribution in [0, 0.1) is 0 Å². The monoisotopic (exact) mass is 371 g/mol. The van der Waals surface area contributed by atoms with Crippen LogP contribution in [0.15, 0.2) is 48.5 Å². The second-order valence-corrected chi connectivity index (χ2v) is 7.09. The lowest BCUT2D eigenvalue weighted by molar-refractivity contribution is 0.148. The quantitative estimate of drug-likeness (QED) is 0.850. The Hall–Kier alpha value is -2.04. The van der Waals surface area contributed by atoms with E-state index in [4.69, 9.17) is 11.6 Å². The lowest BCUT2D eigenvalue weighted by Crippen LogP contribution is -2.50. The molecule has 0 aromatic heterocycles. The average molecular weight is 372 g/mol. The van der Waals surface area contributed by atoms with Gasteiger partial charge in [-0.3, -0.25) is 4.90 Å². The van der Waals surface area contributed by atoms with Crippen LogP contribution in [-0.4, -0.2) is 48.6 Å². The molecule has 1 heterocycles. The van der Waals surface area contributed by atoms with E-state index in [0.29, 0.717) is 0 Å². The molecule has 1 aliphatic heterocycles. The zero-order valence-electron chi connectivity index (χ0n) is 15.2. The SMILES string of the molecule is CCc1ccccc1NC(=O)N1CCN(CCc2cccc(Cl)c2)CC1.